The van der Waals surface area contributed by atoms with E-state index < -0.39 is 0 Å². The van der Waals surface area contributed by atoms with Crippen LogP contribution in [0.4, 0.5) is 0 Å². The molecule has 0 unspecified atom stereocenters. The SMILES string of the molecule is CCCCn1nc(-c2cccc(OC)c2)cc(CNC)c1=O. The quantitative estimate of drug-likeness (QED) is 0.853. The highest BCUT2D eigenvalue weighted by molar-refractivity contribution is 5.61. The molecule has 118 valence electrons. The van der Waals surface area contributed by atoms with Gasteiger partial charge in [-0.25, -0.2) is 4.68 Å². The summed E-state index contributed by atoms with van der Waals surface area (Å²) in [5, 5.41) is 7.56. The van der Waals surface area contributed by atoms with Crippen molar-refractivity contribution in [2.75, 3.05) is 14.2 Å². The third kappa shape index (κ3) is 3.74. The molecule has 2 rings (SSSR count). The lowest BCUT2D eigenvalue weighted by Crippen LogP contribution is -2.28. The second-order valence-corrected chi connectivity index (χ2v) is 5.20. The standard InChI is InChI=1S/C17H23N3O2/c1-4-5-9-20-17(21)14(12-18-2)11-16(19-20)13-7-6-8-15(10-13)22-3/h6-8,10-11,18H,4-5,9,12H2,1-3H3. The first kappa shape index (κ1) is 16.2. The van der Waals surface area contributed by atoms with Crippen LogP contribution >= 0.6 is 0 Å². The third-order valence-corrected chi connectivity index (χ3v) is 3.50. The number of ether oxygens (including phenoxy) is 1. The number of rotatable bonds is 7. The van der Waals surface area contributed by atoms with Gasteiger partial charge < -0.3 is 10.1 Å². The van der Waals surface area contributed by atoms with Crippen LogP contribution in [0.1, 0.15) is 25.3 Å². The molecule has 1 aromatic heterocycles. The van der Waals surface area contributed by atoms with E-state index in [4.69, 9.17) is 4.74 Å². The molecule has 0 radical (unpaired) electrons. The van der Waals surface area contributed by atoms with Crippen molar-refractivity contribution in [3.63, 3.8) is 0 Å². The molecule has 0 spiro atoms. The maximum Gasteiger partial charge on any atom is 0.271 e. The molecule has 0 saturated carbocycles. The number of nitrogens with zero attached hydrogens (tertiary/aromatic N) is 2. The zero-order valence-electron chi connectivity index (χ0n) is 13.4. The molecule has 22 heavy (non-hydrogen) atoms. The number of hydrogen-bond acceptors (Lipinski definition) is 4. The van der Waals surface area contributed by atoms with Crippen LogP contribution in [0.15, 0.2) is 35.1 Å². The molecule has 0 atom stereocenters. The minimum absolute atomic E-state index is 0.0190. The van der Waals surface area contributed by atoms with Crippen molar-refractivity contribution in [3.8, 4) is 17.0 Å². The largest absolute Gasteiger partial charge is 0.497 e. The first-order valence-corrected chi connectivity index (χ1v) is 7.59. The predicted molar refractivity (Wildman–Crippen MR) is 88.2 cm³/mol. The van der Waals surface area contributed by atoms with Gasteiger partial charge in [0.25, 0.3) is 5.56 Å². The lowest BCUT2D eigenvalue weighted by Gasteiger charge is -2.11. The van der Waals surface area contributed by atoms with Gasteiger partial charge in [0.15, 0.2) is 0 Å². The molecule has 0 aliphatic carbocycles. The lowest BCUT2D eigenvalue weighted by atomic mass is 10.1. The fraction of sp³-hybridized carbons (Fsp3) is 0.412. The highest BCUT2D eigenvalue weighted by Gasteiger charge is 2.10. The monoisotopic (exact) mass is 301 g/mol. The zero-order chi connectivity index (χ0) is 15.9. The van der Waals surface area contributed by atoms with Crippen LogP contribution in [-0.2, 0) is 13.1 Å². The van der Waals surface area contributed by atoms with Gasteiger partial charge in [-0.1, -0.05) is 25.5 Å². The summed E-state index contributed by atoms with van der Waals surface area (Å²) in [6.45, 7) is 3.28. The first-order valence-electron chi connectivity index (χ1n) is 7.59. The van der Waals surface area contributed by atoms with E-state index in [9.17, 15) is 4.79 Å². The minimum Gasteiger partial charge on any atom is -0.497 e. The van der Waals surface area contributed by atoms with Crippen molar-refractivity contribution in [3.05, 3.63) is 46.2 Å². The number of aromatic nitrogens is 2. The average Bonchev–Trinajstić information content (AvgIpc) is 2.55. The fourth-order valence-electron chi connectivity index (χ4n) is 2.30. The molecule has 0 aliphatic heterocycles. The van der Waals surface area contributed by atoms with Crippen molar-refractivity contribution < 1.29 is 4.74 Å². The van der Waals surface area contributed by atoms with Gasteiger partial charge in [0.05, 0.1) is 12.8 Å². The Morgan fingerprint density at radius 2 is 2.14 bits per heavy atom. The number of methoxy groups -OCH3 is 1. The van der Waals surface area contributed by atoms with Gasteiger partial charge in [0.2, 0.25) is 0 Å². The van der Waals surface area contributed by atoms with E-state index in [1.54, 1.807) is 11.8 Å². The van der Waals surface area contributed by atoms with Crippen molar-refractivity contribution in [1.82, 2.24) is 15.1 Å². The van der Waals surface area contributed by atoms with Gasteiger partial charge in [-0.05, 0) is 31.7 Å². The zero-order valence-corrected chi connectivity index (χ0v) is 13.4. The predicted octanol–water partition coefficient (Wildman–Crippen LogP) is 2.44. The summed E-state index contributed by atoms with van der Waals surface area (Å²) in [5.41, 5.74) is 2.45. The van der Waals surface area contributed by atoms with Gasteiger partial charge >= 0.3 is 0 Å². The van der Waals surface area contributed by atoms with E-state index in [1.165, 1.54) is 0 Å². The maximum absolute atomic E-state index is 12.4. The number of aryl methyl sites for hydroxylation is 1. The van der Waals surface area contributed by atoms with Gasteiger partial charge in [-0.3, -0.25) is 4.79 Å². The summed E-state index contributed by atoms with van der Waals surface area (Å²) in [6, 6.07) is 9.58. The van der Waals surface area contributed by atoms with Crippen LogP contribution in [0.5, 0.6) is 5.75 Å². The Labute approximate surface area is 130 Å². The number of benzene rings is 1. The molecule has 5 nitrogen and oxygen atoms in total. The number of hydrogen-bond donors (Lipinski definition) is 1. The molecule has 0 amide bonds. The van der Waals surface area contributed by atoms with Gasteiger partial charge in [0, 0.05) is 24.2 Å². The van der Waals surface area contributed by atoms with Gasteiger partial charge in [-0.15, -0.1) is 0 Å². The first-order chi connectivity index (χ1) is 10.7. The topological polar surface area (TPSA) is 56.1 Å². The van der Waals surface area contributed by atoms with Crippen LogP contribution in [-0.4, -0.2) is 23.9 Å². The van der Waals surface area contributed by atoms with Crippen molar-refractivity contribution in [2.45, 2.75) is 32.9 Å². The van der Waals surface area contributed by atoms with E-state index in [2.05, 4.69) is 17.3 Å². The molecule has 2 aromatic rings. The van der Waals surface area contributed by atoms with Crippen LogP contribution in [0, 0.1) is 0 Å². The third-order valence-electron chi connectivity index (χ3n) is 3.50. The molecule has 1 heterocycles. The van der Waals surface area contributed by atoms with Crippen LogP contribution in [0.2, 0.25) is 0 Å². The Morgan fingerprint density at radius 1 is 1.32 bits per heavy atom. The van der Waals surface area contributed by atoms with E-state index in [0.29, 0.717) is 13.1 Å². The normalized spacial score (nSPS) is 10.7. The van der Waals surface area contributed by atoms with Gasteiger partial charge in [-0.2, -0.15) is 5.10 Å². The second kappa shape index (κ2) is 7.75. The molecule has 0 bridgehead atoms. The summed E-state index contributed by atoms with van der Waals surface area (Å²) >= 11 is 0. The number of nitrogens with one attached hydrogen (secondary N) is 1. The Balaban J connectivity index is 2.49. The fourth-order valence-corrected chi connectivity index (χ4v) is 2.30. The maximum atomic E-state index is 12.4. The Bertz CT molecular complexity index is 680. The Kier molecular flexibility index (Phi) is 5.72. The average molecular weight is 301 g/mol. The Hall–Kier alpha value is -2.14. The molecule has 0 fully saturated rings. The second-order valence-electron chi connectivity index (χ2n) is 5.20. The van der Waals surface area contributed by atoms with Crippen molar-refractivity contribution in [2.24, 2.45) is 0 Å². The van der Waals surface area contributed by atoms with E-state index >= 15 is 0 Å². The summed E-state index contributed by atoms with van der Waals surface area (Å²) < 4.78 is 6.84. The molecule has 5 heteroatoms. The Morgan fingerprint density at radius 3 is 2.82 bits per heavy atom. The summed E-state index contributed by atoms with van der Waals surface area (Å²) in [4.78, 5) is 12.4. The summed E-state index contributed by atoms with van der Waals surface area (Å²) in [6.07, 6.45) is 1.96. The van der Waals surface area contributed by atoms with Crippen LogP contribution < -0.4 is 15.6 Å². The van der Waals surface area contributed by atoms with Crippen molar-refractivity contribution >= 4 is 0 Å². The molecule has 1 N–H and O–H groups in total. The van der Waals surface area contributed by atoms with E-state index in [1.807, 2.05) is 37.4 Å². The molecule has 0 saturated heterocycles. The summed E-state index contributed by atoms with van der Waals surface area (Å²) in [7, 11) is 3.47. The van der Waals surface area contributed by atoms with Gasteiger partial charge in [0.1, 0.15) is 5.75 Å². The summed E-state index contributed by atoms with van der Waals surface area (Å²) in [5.74, 6) is 0.778. The number of unbranched alkanes of at least 4 members (excludes halogenated alkanes) is 1. The van der Waals surface area contributed by atoms with E-state index in [-0.39, 0.29) is 5.56 Å². The minimum atomic E-state index is -0.0190. The highest BCUT2D eigenvalue weighted by atomic mass is 16.5. The molecular weight excluding hydrogens is 278 g/mol. The van der Waals surface area contributed by atoms with E-state index in [0.717, 1.165) is 35.4 Å². The molecular formula is C17H23N3O2. The van der Waals surface area contributed by atoms with Crippen molar-refractivity contribution in [1.29, 1.82) is 0 Å². The smallest absolute Gasteiger partial charge is 0.271 e. The highest BCUT2D eigenvalue weighted by Crippen LogP contribution is 2.22. The molecule has 1 aromatic carbocycles. The van der Waals surface area contributed by atoms with Crippen LogP contribution in [0.3, 0.4) is 0 Å². The molecule has 0 aliphatic rings. The lowest BCUT2D eigenvalue weighted by molar-refractivity contribution is 0.415. The van der Waals surface area contributed by atoms with Crippen LogP contribution in [0.25, 0.3) is 11.3 Å².